The molecule has 9 heteroatoms. The Labute approximate surface area is 180 Å². The second kappa shape index (κ2) is 8.98. The minimum atomic E-state index is -0.238. The average molecular weight is 427 g/mol. The van der Waals surface area contributed by atoms with Gasteiger partial charge < -0.3 is 20.7 Å². The van der Waals surface area contributed by atoms with Gasteiger partial charge in [0.1, 0.15) is 11.1 Å². The molecule has 0 aromatic carbocycles. The molecule has 8 nitrogen and oxygen atoms in total. The molecule has 3 unspecified atom stereocenters. The van der Waals surface area contributed by atoms with Crippen LogP contribution in [0.4, 0.5) is 10.7 Å². The smallest absolute Gasteiger partial charge is 0.260 e. The number of aryl methyl sites for hydroxylation is 1. The van der Waals surface area contributed by atoms with Crippen molar-refractivity contribution in [2.24, 2.45) is 11.8 Å². The van der Waals surface area contributed by atoms with Crippen LogP contribution in [0.3, 0.4) is 0 Å². The lowest BCUT2D eigenvalue weighted by molar-refractivity contribution is 0.102. The summed E-state index contributed by atoms with van der Waals surface area (Å²) < 4.78 is 10.3. The Bertz CT molecular complexity index is 932. The number of carbonyl (C=O) groups is 1. The zero-order valence-corrected chi connectivity index (χ0v) is 18.0. The molecule has 0 spiro atoms. The number of piperidine rings is 1. The standard InChI is InChI=1S/C21H26N6O2S/c1-12-9-14(10-22)19(12)26-21-18(13(2)27-30-21)20(28)25-15-3-4-17(24-11-15)29-16-5-7-23-8-6-16/h3-4,11-12,14,16,19,23,26H,5-9H2,1-2H3,(H,25,28). The maximum absolute atomic E-state index is 12.9. The lowest BCUT2D eigenvalue weighted by Gasteiger charge is -2.39. The molecular formula is C21H26N6O2S. The number of hydrogen-bond donors (Lipinski definition) is 3. The summed E-state index contributed by atoms with van der Waals surface area (Å²) in [6.45, 7) is 5.84. The Morgan fingerprint density at radius 1 is 1.37 bits per heavy atom. The van der Waals surface area contributed by atoms with Crippen LogP contribution < -0.4 is 20.7 Å². The van der Waals surface area contributed by atoms with Gasteiger partial charge in [-0.25, -0.2) is 4.98 Å². The third-order valence-electron chi connectivity index (χ3n) is 5.79. The van der Waals surface area contributed by atoms with Gasteiger partial charge in [-0.3, -0.25) is 4.79 Å². The first-order valence-electron chi connectivity index (χ1n) is 10.3. The topological polar surface area (TPSA) is 112 Å². The van der Waals surface area contributed by atoms with Crippen LogP contribution in [0.2, 0.25) is 0 Å². The molecule has 3 atom stereocenters. The summed E-state index contributed by atoms with van der Waals surface area (Å²) >= 11 is 1.26. The van der Waals surface area contributed by atoms with E-state index < -0.39 is 0 Å². The van der Waals surface area contributed by atoms with E-state index in [9.17, 15) is 10.1 Å². The van der Waals surface area contributed by atoms with E-state index in [-0.39, 0.29) is 24.0 Å². The van der Waals surface area contributed by atoms with Crippen molar-refractivity contribution in [1.29, 1.82) is 5.26 Å². The summed E-state index contributed by atoms with van der Waals surface area (Å²) in [6, 6.07) is 5.96. The highest BCUT2D eigenvalue weighted by atomic mass is 32.1. The molecule has 2 aromatic rings. The number of ether oxygens (including phenoxy) is 1. The Balaban J connectivity index is 1.40. The van der Waals surface area contributed by atoms with E-state index in [1.807, 2.05) is 6.92 Å². The molecule has 2 aliphatic rings. The number of carbonyl (C=O) groups excluding carboxylic acids is 1. The van der Waals surface area contributed by atoms with E-state index in [4.69, 9.17) is 4.74 Å². The summed E-state index contributed by atoms with van der Waals surface area (Å²) in [6.07, 6.45) is 4.60. The first-order chi connectivity index (χ1) is 14.5. The van der Waals surface area contributed by atoms with Crippen molar-refractivity contribution < 1.29 is 9.53 Å². The number of nitrogens with zero attached hydrogens (tertiary/aromatic N) is 3. The molecule has 1 amide bonds. The van der Waals surface area contributed by atoms with Gasteiger partial charge in [0.05, 0.1) is 35.1 Å². The number of nitriles is 1. The minimum Gasteiger partial charge on any atom is -0.474 e. The summed E-state index contributed by atoms with van der Waals surface area (Å²) in [5.74, 6) is 0.690. The molecule has 1 aliphatic carbocycles. The Kier molecular flexibility index (Phi) is 6.16. The molecule has 0 radical (unpaired) electrons. The number of pyridine rings is 1. The van der Waals surface area contributed by atoms with Crippen LogP contribution in [0.25, 0.3) is 0 Å². The van der Waals surface area contributed by atoms with Gasteiger partial charge in [-0.2, -0.15) is 9.64 Å². The van der Waals surface area contributed by atoms with Gasteiger partial charge in [0.25, 0.3) is 5.91 Å². The van der Waals surface area contributed by atoms with Gasteiger partial charge in [0.2, 0.25) is 5.88 Å². The zero-order valence-electron chi connectivity index (χ0n) is 17.1. The molecular weight excluding hydrogens is 400 g/mol. The first-order valence-corrected chi connectivity index (χ1v) is 11.1. The van der Waals surface area contributed by atoms with Gasteiger partial charge in [0, 0.05) is 12.1 Å². The molecule has 1 saturated heterocycles. The molecule has 30 heavy (non-hydrogen) atoms. The van der Waals surface area contributed by atoms with E-state index in [2.05, 4.69) is 38.3 Å². The predicted octanol–water partition coefficient (Wildman–Crippen LogP) is 3.19. The quantitative estimate of drug-likeness (QED) is 0.650. The van der Waals surface area contributed by atoms with E-state index in [0.29, 0.717) is 33.7 Å². The molecule has 3 heterocycles. The Morgan fingerprint density at radius 3 is 2.83 bits per heavy atom. The lowest BCUT2D eigenvalue weighted by atomic mass is 9.71. The fraction of sp³-hybridized carbons (Fsp3) is 0.524. The van der Waals surface area contributed by atoms with Crippen LogP contribution in [0.5, 0.6) is 5.88 Å². The minimum absolute atomic E-state index is 0.0324. The zero-order chi connectivity index (χ0) is 21.1. The van der Waals surface area contributed by atoms with Crippen molar-refractivity contribution in [3.63, 3.8) is 0 Å². The fourth-order valence-corrected chi connectivity index (χ4v) is 4.80. The van der Waals surface area contributed by atoms with Gasteiger partial charge in [-0.15, -0.1) is 0 Å². The molecule has 0 bridgehead atoms. The monoisotopic (exact) mass is 426 g/mol. The fourth-order valence-electron chi connectivity index (χ4n) is 3.96. The van der Waals surface area contributed by atoms with Gasteiger partial charge in [0.15, 0.2) is 0 Å². The molecule has 1 saturated carbocycles. The van der Waals surface area contributed by atoms with Crippen LogP contribution in [0.1, 0.15) is 42.2 Å². The summed E-state index contributed by atoms with van der Waals surface area (Å²) in [7, 11) is 0. The van der Waals surface area contributed by atoms with Crippen molar-refractivity contribution in [2.75, 3.05) is 23.7 Å². The number of aromatic nitrogens is 2. The largest absolute Gasteiger partial charge is 0.474 e. The highest BCUT2D eigenvalue weighted by Crippen LogP contribution is 2.38. The number of rotatable bonds is 6. The van der Waals surface area contributed by atoms with Crippen molar-refractivity contribution in [3.05, 3.63) is 29.6 Å². The third-order valence-corrected chi connectivity index (χ3v) is 6.66. The molecule has 2 aromatic heterocycles. The van der Waals surface area contributed by atoms with Gasteiger partial charge >= 0.3 is 0 Å². The predicted molar refractivity (Wildman–Crippen MR) is 116 cm³/mol. The lowest BCUT2D eigenvalue weighted by Crippen LogP contribution is -2.45. The molecule has 158 valence electrons. The summed E-state index contributed by atoms with van der Waals surface area (Å²) in [5.41, 5.74) is 1.78. The van der Waals surface area contributed by atoms with Gasteiger partial charge in [-0.1, -0.05) is 6.92 Å². The number of nitrogens with one attached hydrogen (secondary N) is 3. The summed E-state index contributed by atoms with van der Waals surface area (Å²) in [5, 5.41) is 19.5. The second-order valence-electron chi connectivity index (χ2n) is 8.00. The normalized spacial score (nSPS) is 23.8. The van der Waals surface area contributed by atoms with E-state index in [1.54, 1.807) is 18.3 Å². The van der Waals surface area contributed by atoms with Crippen molar-refractivity contribution in [2.45, 2.75) is 45.3 Å². The van der Waals surface area contributed by atoms with E-state index >= 15 is 0 Å². The number of hydrogen-bond acceptors (Lipinski definition) is 8. The molecule has 2 fully saturated rings. The second-order valence-corrected chi connectivity index (χ2v) is 8.77. The van der Waals surface area contributed by atoms with E-state index in [0.717, 1.165) is 32.4 Å². The van der Waals surface area contributed by atoms with Crippen molar-refractivity contribution in [3.8, 4) is 11.9 Å². The number of anilines is 2. The van der Waals surface area contributed by atoms with Crippen LogP contribution >= 0.6 is 11.5 Å². The molecule has 3 N–H and O–H groups in total. The summed E-state index contributed by atoms with van der Waals surface area (Å²) in [4.78, 5) is 17.3. The van der Waals surface area contributed by atoms with Crippen LogP contribution in [-0.2, 0) is 0 Å². The van der Waals surface area contributed by atoms with E-state index in [1.165, 1.54) is 11.5 Å². The highest BCUT2D eigenvalue weighted by molar-refractivity contribution is 7.10. The Hall–Kier alpha value is -2.70. The van der Waals surface area contributed by atoms with Crippen LogP contribution in [-0.4, -0.2) is 40.5 Å². The highest BCUT2D eigenvalue weighted by Gasteiger charge is 2.39. The van der Waals surface area contributed by atoms with Gasteiger partial charge in [-0.05, 0) is 62.8 Å². The number of amides is 1. The van der Waals surface area contributed by atoms with Crippen molar-refractivity contribution in [1.82, 2.24) is 14.7 Å². The average Bonchev–Trinajstić information content (AvgIpc) is 3.12. The third kappa shape index (κ3) is 4.40. The SMILES string of the molecule is Cc1nsc(NC2C(C)CC2C#N)c1C(=O)Nc1ccc(OC2CCNCC2)nc1. The van der Waals surface area contributed by atoms with Crippen LogP contribution in [0.15, 0.2) is 18.3 Å². The Morgan fingerprint density at radius 2 is 2.17 bits per heavy atom. The molecule has 4 rings (SSSR count). The maximum atomic E-state index is 12.9. The molecule has 1 aliphatic heterocycles. The van der Waals surface area contributed by atoms with Crippen LogP contribution in [0, 0.1) is 30.1 Å². The first kappa shape index (κ1) is 20.6. The van der Waals surface area contributed by atoms with Crippen molar-refractivity contribution >= 4 is 28.1 Å². The maximum Gasteiger partial charge on any atom is 0.260 e.